The van der Waals surface area contributed by atoms with Gasteiger partial charge in [-0.2, -0.15) is 0 Å². The summed E-state index contributed by atoms with van der Waals surface area (Å²) in [4.78, 5) is 28.3. The molecule has 2 aromatic rings. The van der Waals surface area contributed by atoms with Gasteiger partial charge in [-0.25, -0.2) is 4.98 Å². The van der Waals surface area contributed by atoms with Gasteiger partial charge in [0.1, 0.15) is 5.75 Å². The Morgan fingerprint density at radius 1 is 1.29 bits per heavy atom. The monoisotopic (exact) mass is 306 g/mol. The summed E-state index contributed by atoms with van der Waals surface area (Å²) < 4.78 is 5.53. The molecule has 0 amide bonds. The summed E-state index contributed by atoms with van der Waals surface area (Å²) >= 11 is 1.40. The Bertz CT molecular complexity index is 655. The Morgan fingerprint density at radius 2 is 2.05 bits per heavy atom. The van der Waals surface area contributed by atoms with E-state index in [-0.39, 0.29) is 12.0 Å². The number of H-pyrrole nitrogens is 1. The summed E-state index contributed by atoms with van der Waals surface area (Å²) in [6.07, 6.45) is 1.46. The van der Waals surface area contributed by atoms with Crippen molar-refractivity contribution in [2.24, 2.45) is 0 Å². The van der Waals surface area contributed by atoms with E-state index in [1.807, 2.05) is 0 Å². The van der Waals surface area contributed by atoms with Crippen LogP contribution in [-0.2, 0) is 11.2 Å². The van der Waals surface area contributed by atoms with Crippen molar-refractivity contribution in [2.45, 2.75) is 11.6 Å². The number of hydrogen-bond donors (Lipinski definition) is 2. The van der Waals surface area contributed by atoms with E-state index in [1.54, 1.807) is 24.3 Å². The van der Waals surface area contributed by atoms with Crippen molar-refractivity contribution in [1.29, 1.82) is 0 Å². The first-order valence-electron chi connectivity index (χ1n) is 6.25. The van der Waals surface area contributed by atoms with Gasteiger partial charge in [-0.15, -0.1) is 0 Å². The average Bonchev–Trinajstić information content (AvgIpc) is 2.45. The number of benzene rings is 1. The van der Waals surface area contributed by atoms with Crippen LogP contribution in [0.4, 0.5) is 0 Å². The molecule has 0 spiro atoms. The average molecular weight is 306 g/mol. The van der Waals surface area contributed by atoms with Crippen LogP contribution in [-0.4, -0.2) is 33.4 Å². The van der Waals surface area contributed by atoms with E-state index < -0.39 is 5.97 Å². The molecule has 0 unspecified atom stereocenters. The Labute approximate surface area is 125 Å². The minimum absolute atomic E-state index is 0.00315. The standard InChI is InChI=1S/C14H14N2O4S/c17-12-5-6-15-14(16-12)21-8-7-20-11-3-1-10(2-4-11)9-13(18)19/h1-6H,7-9H2,(H,18,19)(H,15,16,17). The number of rotatable bonds is 7. The number of aromatic amines is 1. The third kappa shape index (κ3) is 5.31. The Kier molecular flexibility index (Phi) is 5.39. The highest BCUT2D eigenvalue weighted by Gasteiger charge is 2.01. The second kappa shape index (κ2) is 7.49. The summed E-state index contributed by atoms with van der Waals surface area (Å²) in [5, 5.41) is 9.23. The molecule has 110 valence electrons. The van der Waals surface area contributed by atoms with Crippen LogP contribution in [0, 0.1) is 0 Å². The molecule has 0 saturated carbocycles. The molecule has 0 bridgehead atoms. The molecule has 1 aromatic carbocycles. The quantitative estimate of drug-likeness (QED) is 0.458. The Morgan fingerprint density at radius 3 is 2.71 bits per heavy atom. The van der Waals surface area contributed by atoms with Crippen LogP contribution in [0.3, 0.4) is 0 Å². The van der Waals surface area contributed by atoms with Crippen molar-refractivity contribution in [3.63, 3.8) is 0 Å². The minimum Gasteiger partial charge on any atom is -0.493 e. The van der Waals surface area contributed by atoms with Crippen LogP contribution in [0.5, 0.6) is 5.75 Å². The molecule has 0 fully saturated rings. The topological polar surface area (TPSA) is 92.3 Å². The van der Waals surface area contributed by atoms with Crippen LogP contribution in [0.15, 0.2) is 46.5 Å². The smallest absolute Gasteiger partial charge is 0.307 e. The van der Waals surface area contributed by atoms with Crippen molar-refractivity contribution in [3.05, 3.63) is 52.4 Å². The molecule has 21 heavy (non-hydrogen) atoms. The van der Waals surface area contributed by atoms with E-state index in [2.05, 4.69) is 9.97 Å². The van der Waals surface area contributed by atoms with Gasteiger partial charge in [-0.05, 0) is 17.7 Å². The third-order valence-corrected chi connectivity index (χ3v) is 3.37. The largest absolute Gasteiger partial charge is 0.493 e. The van der Waals surface area contributed by atoms with Crippen molar-refractivity contribution in [1.82, 2.24) is 9.97 Å². The van der Waals surface area contributed by atoms with E-state index >= 15 is 0 Å². The third-order valence-electron chi connectivity index (χ3n) is 2.52. The maximum Gasteiger partial charge on any atom is 0.307 e. The summed E-state index contributed by atoms with van der Waals surface area (Å²) in [6.45, 7) is 0.460. The summed E-state index contributed by atoms with van der Waals surface area (Å²) in [7, 11) is 0. The molecule has 1 heterocycles. The number of ether oxygens (including phenoxy) is 1. The first-order valence-corrected chi connectivity index (χ1v) is 7.24. The van der Waals surface area contributed by atoms with Crippen LogP contribution in [0.2, 0.25) is 0 Å². The molecular formula is C14H14N2O4S. The zero-order valence-electron chi connectivity index (χ0n) is 11.1. The highest BCUT2D eigenvalue weighted by atomic mass is 32.2. The summed E-state index contributed by atoms with van der Waals surface area (Å²) in [6, 6.07) is 8.30. The highest BCUT2D eigenvalue weighted by Crippen LogP contribution is 2.14. The zero-order chi connectivity index (χ0) is 15.1. The van der Waals surface area contributed by atoms with E-state index in [4.69, 9.17) is 9.84 Å². The van der Waals surface area contributed by atoms with E-state index in [0.29, 0.717) is 23.3 Å². The summed E-state index contributed by atoms with van der Waals surface area (Å²) in [5.41, 5.74) is 0.553. The van der Waals surface area contributed by atoms with Crippen molar-refractivity contribution in [3.8, 4) is 5.75 Å². The molecule has 0 atom stereocenters. The molecular weight excluding hydrogens is 292 g/mol. The Balaban J connectivity index is 1.76. The molecule has 0 aliphatic carbocycles. The fourth-order valence-electron chi connectivity index (χ4n) is 1.60. The number of carboxylic acids is 1. The number of aliphatic carboxylic acids is 1. The fourth-order valence-corrected chi connectivity index (χ4v) is 2.27. The molecule has 1 aromatic heterocycles. The minimum atomic E-state index is -0.857. The van der Waals surface area contributed by atoms with Crippen LogP contribution < -0.4 is 10.3 Å². The second-order valence-corrected chi connectivity index (χ2v) is 5.23. The molecule has 2 N–H and O–H groups in total. The predicted octanol–water partition coefficient (Wildman–Crippen LogP) is 1.57. The SMILES string of the molecule is O=C(O)Cc1ccc(OCCSc2nccc(=O)[nH]2)cc1. The number of thioether (sulfide) groups is 1. The van der Waals surface area contributed by atoms with E-state index in [1.165, 1.54) is 24.0 Å². The van der Waals surface area contributed by atoms with Gasteiger partial charge in [0.2, 0.25) is 0 Å². The van der Waals surface area contributed by atoms with Gasteiger partial charge in [0.25, 0.3) is 5.56 Å². The van der Waals surface area contributed by atoms with Gasteiger partial charge in [-0.3, -0.25) is 9.59 Å². The van der Waals surface area contributed by atoms with Crippen molar-refractivity contribution in [2.75, 3.05) is 12.4 Å². The lowest BCUT2D eigenvalue weighted by molar-refractivity contribution is -0.136. The number of nitrogens with one attached hydrogen (secondary N) is 1. The maximum atomic E-state index is 11.1. The van der Waals surface area contributed by atoms with E-state index in [9.17, 15) is 9.59 Å². The fraction of sp³-hybridized carbons (Fsp3) is 0.214. The van der Waals surface area contributed by atoms with Gasteiger partial charge in [-0.1, -0.05) is 23.9 Å². The Hall–Kier alpha value is -2.28. The van der Waals surface area contributed by atoms with Crippen LogP contribution in [0.25, 0.3) is 0 Å². The maximum absolute atomic E-state index is 11.1. The summed E-state index contributed by atoms with van der Waals surface area (Å²) in [5.74, 6) is 0.466. The molecule has 7 heteroatoms. The van der Waals surface area contributed by atoms with Gasteiger partial charge in [0.15, 0.2) is 5.16 Å². The molecule has 6 nitrogen and oxygen atoms in total. The number of carboxylic acid groups (broad SMARTS) is 1. The van der Waals surface area contributed by atoms with Gasteiger partial charge in [0.05, 0.1) is 13.0 Å². The van der Waals surface area contributed by atoms with Crippen molar-refractivity contribution >= 4 is 17.7 Å². The second-order valence-electron chi connectivity index (χ2n) is 4.15. The highest BCUT2D eigenvalue weighted by molar-refractivity contribution is 7.99. The number of hydrogen-bond acceptors (Lipinski definition) is 5. The van der Waals surface area contributed by atoms with Crippen LogP contribution >= 0.6 is 11.8 Å². The number of nitrogens with zero attached hydrogens (tertiary/aromatic N) is 1. The van der Waals surface area contributed by atoms with Crippen molar-refractivity contribution < 1.29 is 14.6 Å². The van der Waals surface area contributed by atoms with Crippen LogP contribution in [0.1, 0.15) is 5.56 Å². The molecule has 0 saturated heterocycles. The lowest BCUT2D eigenvalue weighted by Crippen LogP contribution is -2.07. The van der Waals surface area contributed by atoms with Gasteiger partial charge >= 0.3 is 5.97 Å². The lowest BCUT2D eigenvalue weighted by atomic mass is 10.1. The molecule has 0 radical (unpaired) electrons. The zero-order valence-corrected chi connectivity index (χ0v) is 11.9. The normalized spacial score (nSPS) is 10.3. The molecule has 2 rings (SSSR count). The molecule has 0 aliphatic rings. The number of aromatic nitrogens is 2. The first-order chi connectivity index (χ1) is 10.1. The predicted molar refractivity (Wildman–Crippen MR) is 78.9 cm³/mol. The van der Waals surface area contributed by atoms with E-state index in [0.717, 1.165) is 5.56 Å². The molecule has 0 aliphatic heterocycles. The number of carbonyl (C=O) groups is 1. The van der Waals surface area contributed by atoms with Gasteiger partial charge < -0.3 is 14.8 Å². The first kappa shape index (κ1) is 15.1. The van der Waals surface area contributed by atoms with Gasteiger partial charge in [0, 0.05) is 18.0 Å². The lowest BCUT2D eigenvalue weighted by Gasteiger charge is -2.06.